The first-order chi connectivity index (χ1) is 6.00. The van der Waals surface area contributed by atoms with Crippen LogP contribution in [0.1, 0.15) is 40.0 Å². The molecule has 0 atom stereocenters. The molecule has 0 aromatic carbocycles. The highest BCUT2D eigenvalue weighted by Gasteiger charge is 2.22. The normalized spacial score (nSPS) is 17.5. The third kappa shape index (κ3) is 4.41. The molecule has 0 unspecified atom stereocenters. The van der Waals surface area contributed by atoms with Crippen LogP contribution in [0.3, 0.4) is 0 Å². The third-order valence-corrected chi connectivity index (χ3v) is 2.44. The predicted molar refractivity (Wildman–Crippen MR) is 52.6 cm³/mol. The minimum Gasteiger partial charge on any atom is -0.374 e. The molecule has 0 bridgehead atoms. The smallest absolute Gasteiger partial charge is 0.163 e. The first kappa shape index (κ1) is 10.7. The summed E-state index contributed by atoms with van der Waals surface area (Å²) in [6.07, 6.45) is 3.85. The van der Waals surface area contributed by atoms with Gasteiger partial charge in [-0.15, -0.1) is 0 Å². The summed E-state index contributed by atoms with van der Waals surface area (Å²) in [4.78, 5) is 11.4. The fourth-order valence-electron chi connectivity index (χ4n) is 1.04. The van der Waals surface area contributed by atoms with Gasteiger partial charge >= 0.3 is 0 Å². The highest BCUT2D eigenvalue weighted by molar-refractivity contribution is 5.84. The number of rotatable bonds is 5. The molecule has 1 aliphatic rings. The summed E-state index contributed by atoms with van der Waals surface area (Å²) >= 11 is 0. The number of hydrogen-bond donors (Lipinski definition) is 0. The monoisotopic (exact) mass is 184 g/mol. The van der Waals surface area contributed by atoms with Gasteiger partial charge in [-0.05, 0) is 12.3 Å². The molecule has 1 rings (SSSR count). The Kier molecular flexibility index (Phi) is 3.48. The molecular weight excluding hydrogens is 164 g/mol. The van der Waals surface area contributed by atoms with Gasteiger partial charge in [0.25, 0.3) is 0 Å². The molecule has 0 radical (unpaired) electrons. The summed E-state index contributed by atoms with van der Waals surface area (Å²) in [5, 5.41) is 0. The van der Waals surface area contributed by atoms with Gasteiger partial charge in [0.2, 0.25) is 0 Å². The van der Waals surface area contributed by atoms with E-state index in [1.807, 2.05) is 20.8 Å². The molecule has 1 saturated carbocycles. The van der Waals surface area contributed by atoms with Gasteiger partial charge in [-0.2, -0.15) is 0 Å². The van der Waals surface area contributed by atoms with Gasteiger partial charge in [0.1, 0.15) is 6.61 Å². The van der Waals surface area contributed by atoms with Gasteiger partial charge in [-0.3, -0.25) is 4.79 Å². The van der Waals surface area contributed by atoms with Crippen molar-refractivity contribution in [3.05, 3.63) is 0 Å². The van der Waals surface area contributed by atoms with E-state index in [9.17, 15) is 4.79 Å². The van der Waals surface area contributed by atoms with Crippen LogP contribution in [0.2, 0.25) is 0 Å². The number of hydrogen-bond acceptors (Lipinski definition) is 2. The molecule has 0 aromatic rings. The lowest BCUT2D eigenvalue weighted by Gasteiger charge is -2.16. The first-order valence-electron chi connectivity index (χ1n) is 5.11. The zero-order chi connectivity index (χ0) is 9.90. The SMILES string of the molecule is CC(C)(C)C(=O)COCCC1CC1. The van der Waals surface area contributed by atoms with Crippen LogP contribution < -0.4 is 0 Å². The zero-order valence-corrected chi connectivity index (χ0v) is 8.93. The Morgan fingerprint density at radius 2 is 2.00 bits per heavy atom. The second kappa shape index (κ2) is 4.23. The van der Waals surface area contributed by atoms with Crippen molar-refractivity contribution in [3.8, 4) is 0 Å². The Morgan fingerprint density at radius 1 is 1.38 bits per heavy atom. The Hall–Kier alpha value is -0.370. The maximum atomic E-state index is 11.4. The molecule has 13 heavy (non-hydrogen) atoms. The van der Waals surface area contributed by atoms with Crippen LogP contribution in [0, 0.1) is 11.3 Å². The lowest BCUT2D eigenvalue weighted by Crippen LogP contribution is -2.25. The van der Waals surface area contributed by atoms with Crippen molar-refractivity contribution < 1.29 is 9.53 Å². The van der Waals surface area contributed by atoms with E-state index in [0.29, 0.717) is 0 Å². The summed E-state index contributed by atoms with van der Waals surface area (Å²) in [7, 11) is 0. The number of carbonyl (C=O) groups excluding carboxylic acids is 1. The molecule has 0 aromatic heterocycles. The molecule has 76 valence electrons. The second-order valence-electron chi connectivity index (χ2n) is 4.96. The van der Waals surface area contributed by atoms with Crippen molar-refractivity contribution in [3.63, 3.8) is 0 Å². The Labute approximate surface area is 80.7 Å². The van der Waals surface area contributed by atoms with Crippen molar-refractivity contribution in [1.82, 2.24) is 0 Å². The highest BCUT2D eigenvalue weighted by Crippen LogP contribution is 2.32. The van der Waals surface area contributed by atoms with Gasteiger partial charge in [0, 0.05) is 12.0 Å². The van der Waals surface area contributed by atoms with Gasteiger partial charge < -0.3 is 4.74 Å². The maximum absolute atomic E-state index is 11.4. The van der Waals surface area contributed by atoms with Crippen molar-refractivity contribution in [2.75, 3.05) is 13.2 Å². The topological polar surface area (TPSA) is 26.3 Å². The standard InChI is InChI=1S/C11H20O2/c1-11(2,3)10(12)8-13-7-6-9-4-5-9/h9H,4-8H2,1-3H3. The third-order valence-electron chi connectivity index (χ3n) is 2.44. The number of carbonyl (C=O) groups is 1. The lowest BCUT2D eigenvalue weighted by molar-refractivity contribution is -0.131. The largest absolute Gasteiger partial charge is 0.374 e. The van der Waals surface area contributed by atoms with E-state index in [-0.39, 0.29) is 17.8 Å². The molecule has 0 aliphatic heterocycles. The van der Waals surface area contributed by atoms with E-state index >= 15 is 0 Å². The number of ketones is 1. The van der Waals surface area contributed by atoms with E-state index in [1.54, 1.807) is 0 Å². The lowest BCUT2D eigenvalue weighted by atomic mass is 9.91. The Morgan fingerprint density at radius 3 is 2.46 bits per heavy atom. The summed E-state index contributed by atoms with van der Waals surface area (Å²) in [6.45, 7) is 6.83. The first-order valence-corrected chi connectivity index (χ1v) is 5.11. The molecule has 2 nitrogen and oxygen atoms in total. The Balaban J connectivity index is 2.00. The molecule has 1 aliphatic carbocycles. The minimum absolute atomic E-state index is 0.197. The number of ether oxygens (including phenoxy) is 1. The van der Waals surface area contributed by atoms with E-state index in [2.05, 4.69) is 0 Å². The zero-order valence-electron chi connectivity index (χ0n) is 8.93. The van der Waals surface area contributed by atoms with E-state index < -0.39 is 0 Å². The molecule has 0 heterocycles. The van der Waals surface area contributed by atoms with Crippen molar-refractivity contribution in [2.45, 2.75) is 40.0 Å². The summed E-state index contributed by atoms with van der Waals surface area (Å²) < 4.78 is 5.32. The van der Waals surface area contributed by atoms with Gasteiger partial charge in [0.05, 0.1) is 0 Å². The van der Waals surface area contributed by atoms with Crippen LogP contribution in [0.4, 0.5) is 0 Å². The van der Waals surface area contributed by atoms with E-state index in [4.69, 9.17) is 4.74 Å². The van der Waals surface area contributed by atoms with Crippen LogP contribution in [0.25, 0.3) is 0 Å². The van der Waals surface area contributed by atoms with Gasteiger partial charge in [0.15, 0.2) is 5.78 Å². The maximum Gasteiger partial charge on any atom is 0.163 e. The molecule has 1 fully saturated rings. The second-order valence-corrected chi connectivity index (χ2v) is 4.96. The molecule has 0 amide bonds. The van der Waals surface area contributed by atoms with Crippen molar-refractivity contribution in [2.24, 2.45) is 11.3 Å². The molecule has 2 heteroatoms. The van der Waals surface area contributed by atoms with Crippen LogP contribution in [-0.2, 0) is 9.53 Å². The van der Waals surface area contributed by atoms with Crippen LogP contribution in [0.15, 0.2) is 0 Å². The van der Waals surface area contributed by atoms with Gasteiger partial charge in [-0.1, -0.05) is 33.6 Å². The fourth-order valence-corrected chi connectivity index (χ4v) is 1.04. The minimum atomic E-state index is -0.250. The molecule has 0 N–H and O–H groups in total. The van der Waals surface area contributed by atoms with Crippen LogP contribution >= 0.6 is 0 Å². The Bertz CT molecular complexity index is 175. The fraction of sp³-hybridized carbons (Fsp3) is 0.909. The average Bonchev–Trinajstić information content (AvgIpc) is 2.79. The van der Waals surface area contributed by atoms with E-state index in [0.717, 1.165) is 18.9 Å². The quantitative estimate of drug-likeness (QED) is 0.613. The molecule has 0 spiro atoms. The molecule has 0 saturated heterocycles. The van der Waals surface area contributed by atoms with Crippen molar-refractivity contribution >= 4 is 5.78 Å². The summed E-state index contributed by atoms with van der Waals surface area (Å²) in [5.41, 5.74) is -0.250. The average molecular weight is 184 g/mol. The van der Waals surface area contributed by atoms with E-state index in [1.165, 1.54) is 12.8 Å². The predicted octanol–water partition coefficient (Wildman–Crippen LogP) is 2.42. The summed E-state index contributed by atoms with van der Waals surface area (Å²) in [6, 6.07) is 0. The summed E-state index contributed by atoms with van der Waals surface area (Å²) in [5.74, 6) is 1.09. The van der Waals surface area contributed by atoms with Crippen LogP contribution in [0.5, 0.6) is 0 Å². The number of Topliss-reactive ketones (excluding diaryl/α,β-unsaturated/α-hetero) is 1. The van der Waals surface area contributed by atoms with Crippen LogP contribution in [-0.4, -0.2) is 19.0 Å². The van der Waals surface area contributed by atoms with Crippen molar-refractivity contribution in [1.29, 1.82) is 0 Å². The highest BCUT2D eigenvalue weighted by atomic mass is 16.5. The molecular formula is C11H20O2. The van der Waals surface area contributed by atoms with Gasteiger partial charge in [-0.25, -0.2) is 0 Å².